The van der Waals surface area contributed by atoms with Crippen LogP contribution in [0.2, 0.25) is 0 Å². The number of nitro groups is 1. The van der Waals surface area contributed by atoms with Crippen LogP contribution in [0.5, 0.6) is 17.2 Å². The van der Waals surface area contributed by atoms with Crippen LogP contribution in [0.4, 0.5) is 21.6 Å². The molecule has 0 fully saturated rings. The standard InChI is InChI=1S/C25H23FN8O4/c1-15-8-20(18(26)11-22(15)38-16-4-5-33-24(9-16)28-14-30-33)31-25-17-10-21(34(35)36)23(37-7-6-32(2)3)12-19(17)27-13-29-25/h4-5,8-14H,6-7H2,1-3H3,(H,27,29,31). The lowest BCUT2D eigenvalue weighted by atomic mass is 10.1. The van der Waals surface area contributed by atoms with Crippen LogP contribution < -0.4 is 14.8 Å². The van der Waals surface area contributed by atoms with E-state index in [0.717, 1.165) is 0 Å². The largest absolute Gasteiger partial charge is 0.485 e. The molecular formula is C25H23FN8O4. The first-order valence-electron chi connectivity index (χ1n) is 11.5. The Bertz CT molecular complexity index is 1660. The molecule has 0 aliphatic rings. The molecule has 2 aromatic carbocycles. The predicted molar refractivity (Wildman–Crippen MR) is 138 cm³/mol. The Morgan fingerprint density at radius 1 is 1.11 bits per heavy atom. The van der Waals surface area contributed by atoms with Gasteiger partial charge in [0.05, 0.1) is 21.5 Å². The zero-order valence-corrected chi connectivity index (χ0v) is 20.8. The molecule has 0 saturated heterocycles. The van der Waals surface area contributed by atoms with Crippen molar-refractivity contribution in [3.8, 4) is 17.2 Å². The molecule has 3 heterocycles. The molecule has 0 spiro atoms. The van der Waals surface area contributed by atoms with Crippen LogP contribution in [0.15, 0.2) is 55.2 Å². The van der Waals surface area contributed by atoms with Gasteiger partial charge in [0.15, 0.2) is 11.4 Å². The molecule has 3 aromatic heterocycles. The van der Waals surface area contributed by atoms with Crippen molar-refractivity contribution in [1.82, 2.24) is 29.5 Å². The highest BCUT2D eigenvalue weighted by molar-refractivity contribution is 5.93. The molecule has 12 nitrogen and oxygen atoms in total. The second kappa shape index (κ2) is 10.2. The van der Waals surface area contributed by atoms with E-state index in [9.17, 15) is 10.1 Å². The third-order valence-corrected chi connectivity index (χ3v) is 5.71. The van der Waals surface area contributed by atoms with Crippen LogP contribution >= 0.6 is 0 Å². The number of nitrogens with one attached hydrogen (secondary N) is 1. The minimum atomic E-state index is -0.598. The fourth-order valence-corrected chi connectivity index (χ4v) is 3.75. The molecular weight excluding hydrogens is 495 g/mol. The van der Waals surface area contributed by atoms with Gasteiger partial charge in [-0.1, -0.05) is 0 Å². The second-order valence-corrected chi connectivity index (χ2v) is 8.72. The molecule has 0 bridgehead atoms. The summed E-state index contributed by atoms with van der Waals surface area (Å²) in [6.07, 6.45) is 4.41. The van der Waals surface area contributed by atoms with Gasteiger partial charge < -0.3 is 19.7 Å². The number of aromatic nitrogens is 5. The number of ether oxygens (including phenoxy) is 2. The van der Waals surface area contributed by atoms with Gasteiger partial charge in [0, 0.05) is 37.0 Å². The van der Waals surface area contributed by atoms with E-state index in [0.29, 0.717) is 40.2 Å². The highest BCUT2D eigenvalue weighted by Gasteiger charge is 2.20. The van der Waals surface area contributed by atoms with Gasteiger partial charge in [-0.3, -0.25) is 10.1 Å². The van der Waals surface area contributed by atoms with Crippen LogP contribution in [0.25, 0.3) is 16.6 Å². The average molecular weight is 519 g/mol. The topological polar surface area (TPSA) is 133 Å². The maximum Gasteiger partial charge on any atom is 0.311 e. The summed E-state index contributed by atoms with van der Waals surface area (Å²) in [5.74, 6) is 0.508. The first-order chi connectivity index (χ1) is 18.3. The Morgan fingerprint density at radius 3 is 2.74 bits per heavy atom. The number of hydrogen-bond donors (Lipinski definition) is 1. The summed E-state index contributed by atoms with van der Waals surface area (Å²) in [5.41, 5.74) is 1.54. The number of pyridine rings is 1. The Labute approximate surface area is 215 Å². The molecule has 5 aromatic rings. The lowest BCUT2D eigenvalue weighted by Crippen LogP contribution is -2.19. The van der Waals surface area contributed by atoms with E-state index in [1.807, 2.05) is 19.0 Å². The molecule has 0 unspecified atom stereocenters. The smallest absolute Gasteiger partial charge is 0.311 e. The molecule has 0 aliphatic heterocycles. The number of halogens is 1. The van der Waals surface area contributed by atoms with E-state index in [1.165, 1.54) is 30.9 Å². The normalized spacial score (nSPS) is 11.3. The summed E-state index contributed by atoms with van der Waals surface area (Å²) >= 11 is 0. The van der Waals surface area contributed by atoms with E-state index < -0.39 is 10.7 Å². The molecule has 0 amide bonds. The number of hydrogen-bond acceptors (Lipinski definition) is 10. The van der Waals surface area contributed by atoms with Gasteiger partial charge in [0.25, 0.3) is 0 Å². The Balaban J connectivity index is 1.43. The monoisotopic (exact) mass is 518 g/mol. The number of nitro benzene ring substituents is 1. The third-order valence-electron chi connectivity index (χ3n) is 5.71. The summed E-state index contributed by atoms with van der Waals surface area (Å²) < 4.78 is 28.3. The summed E-state index contributed by atoms with van der Waals surface area (Å²) in [5, 5.41) is 19.1. The molecule has 0 saturated carbocycles. The van der Waals surface area contributed by atoms with E-state index in [4.69, 9.17) is 9.47 Å². The van der Waals surface area contributed by atoms with Gasteiger partial charge in [-0.15, -0.1) is 0 Å². The number of anilines is 2. The number of benzene rings is 2. The molecule has 38 heavy (non-hydrogen) atoms. The Kier molecular flexibility index (Phi) is 6.66. The van der Waals surface area contributed by atoms with Crippen molar-refractivity contribution in [2.45, 2.75) is 6.92 Å². The van der Waals surface area contributed by atoms with Crippen molar-refractivity contribution in [3.63, 3.8) is 0 Å². The molecule has 0 aliphatic carbocycles. The fraction of sp³-hybridized carbons (Fsp3) is 0.200. The van der Waals surface area contributed by atoms with Crippen molar-refractivity contribution in [3.05, 3.63) is 76.7 Å². The number of aryl methyl sites for hydroxylation is 1. The quantitative estimate of drug-likeness (QED) is 0.220. The fourth-order valence-electron chi connectivity index (χ4n) is 3.75. The van der Waals surface area contributed by atoms with E-state index in [-0.39, 0.29) is 29.5 Å². The van der Waals surface area contributed by atoms with Crippen molar-refractivity contribution >= 4 is 33.7 Å². The highest BCUT2D eigenvalue weighted by Crippen LogP contribution is 2.36. The van der Waals surface area contributed by atoms with Crippen molar-refractivity contribution in [1.29, 1.82) is 0 Å². The number of nitrogens with zero attached hydrogens (tertiary/aromatic N) is 7. The maximum atomic E-state index is 15.2. The Hall–Kier alpha value is -4.91. The first kappa shape index (κ1) is 24.8. The lowest BCUT2D eigenvalue weighted by molar-refractivity contribution is -0.385. The average Bonchev–Trinajstić information content (AvgIpc) is 3.34. The van der Waals surface area contributed by atoms with Crippen molar-refractivity contribution in [2.75, 3.05) is 32.6 Å². The predicted octanol–water partition coefficient (Wildman–Crippen LogP) is 4.50. The van der Waals surface area contributed by atoms with Gasteiger partial charge in [0.1, 0.15) is 42.4 Å². The van der Waals surface area contributed by atoms with Gasteiger partial charge in [-0.25, -0.2) is 23.9 Å². The summed E-state index contributed by atoms with van der Waals surface area (Å²) in [7, 11) is 3.75. The summed E-state index contributed by atoms with van der Waals surface area (Å²) in [4.78, 5) is 25.6. The molecule has 1 N–H and O–H groups in total. The Morgan fingerprint density at radius 2 is 1.95 bits per heavy atom. The van der Waals surface area contributed by atoms with Crippen LogP contribution in [0.3, 0.4) is 0 Å². The minimum absolute atomic E-state index is 0.0989. The number of fused-ring (bicyclic) bond motifs is 2. The van der Waals surface area contributed by atoms with Crippen molar-refractivity contribution in [2.24, 2.45) is 0 Å². The molecule has 0 atom stereocenters. The summed E-state index contributed by atoms with van der Waals surface area (Å²) in [6.45, 7) is 2.62. The van der Waals surface area contributed by atoms with Gasteiger partial charge in [-0.2, -0.15) is 5.10 Å². The van der Waals surface area contributed by atoms with E-state index >= 15 is 4.39 Å². The van der Waals surface area contributed by atoms with Crippen LogP contribution in [0, 0.1) is 22.9 Å². The summed E-state index contributed by atoms with van der Waals surface area (Å²) in [6, 6.07) is 9.03. The molecule has 5 rings (SSSR count). The second-order valence-electron chi connectivity index (χ2n) is 8.72. The lowest BCUT2D eigenvalue weighted by Gasteiger charge is -2.14. The van der Waals surface area contributed by atoms with Crippen LogP contribution in [-0.4, -0.2) is 61.6 Å². The number of likely N-dealkylation sites (N-methyl/N-ethyl adjacent to an activating group) is 1. The number of rotatable bonds is 9. The first-order valence-corrected chi connectivity index (χ1v) is 11.5. The highest BCUT2D eigenvalue weighted by atomic mass is 19.1. The molecule has 0 radical (unpaired) electrons. The zero-order valence-electron chi connectivity index (χ0n) is 20.8. The van der Waals surface area contributed by atoms with Crippen LogP contribution in [0.1, 0.15) is 5.56 Å². The SMILES string of the molecule is Cc1cc(Nc2ncnc3cc(OCCN(C)C)c([N+](=O)[O-])cc23)c(F)cc1Oc1ccn2ncnc2c1. The van der Waals surface area contributed by atoms with E-state index in [1.54, 1.807) is 35.8 Å². The third kappa shape index (κ3) is 5.13. The molecule has 194 valence electrons. The van der Waals surface area contributed by atoms with Gasteiger partial charge in [0.2, 0.25) is 0 Å². The molecule has 13 heteroatoms. The van der Waals surface area contributed by atoms with Gasteiger partial charge >= 0.3 is 5.69 Å². The van der Waals surface area contributed by atoms with Gasteiger partial charge in [-0.05, 0) is 38.7 Å². The van der Waals surface area contributed by atoms with Crippen LogP contribution in [-0.2, 0) is 0 Å². The minimum Gasteiger partial charge on any atom is -0.485 e. The van der Waals surface area contributed by atoms with E-state index in [2.05, 4.69) is 25.4 Å². The zero-order chi connectivity index (χ0) is 26.8. The maximum absolute atomic E-state index is 15.2. The van der Waals surface area contributed by atoms with Crippen molar-refractivity contribution < 1.29 is 18.8 Å².